The Morgan fingerprint density at radius 3 is 2.52 bits per heavy atom. The number of likely N-dealkylation sites (N-methyl/N-ethyl adjacent to an activating group) is 1. The highest BCUT2D eigenvalue weighted by atomic mass is 35.5. The molecule has 3 fully saturated rings. The van der Waals surface area contributed by atoms with Gasteiger partial charge < -0.3 is 15.5 Å². The first kappa shape index (κ1) is 22.5. The smallest absolute Gasteiger partial charge is 0.228 e. The average Bonchev–Trinajstić information content (AvgIpc) is 3.27. The van der Waals surface area contributed by atoms with E-state index in [1.807, 2.05) is 9.80 Å². The normalized spacial score (nSPS) is 29.7. The van der Waals surface area contributed by atoms with Crippen molar-refractivity contribution in [3.63, 3.8) is 0 Å². The van der Waals surface area contributed by atoms with Gasteiger partial charge in [0, 0.05) is 44.7 Å². The molecule has 3 heterocycles. The van der Waals surface area contributed by atoms with Crippen LogP contribution in [-0.4, -0.2) is 77.9 Å². The highest BCUT2D eigenvalue weighted by Gasteiger charge is 2.40. The fraction of sp³-hybridized carbons (Fsp3) is 0.882. The van der Waals surface area contributed by atoms with E-state index in [-0.39, 0.29) is 48.6 Å². The molecule has 3 saturated heterocycles. The van der Waals surface area contributed by atoms with Gasteiger partial charge in [-0.1, -0.05) is 6.92 Å². The maximum absolute atomic E-state index is 12.7. The SMILES string of the molecule is CCN1CCCC1CN1CC(C(=O)N2CCCC2CN)CC1=O.Cl.Cl. The van der Waals surface area contributed by atoms with Gasteiger partial charge in [0.1, 0.15) is 0 Å². The number of halogens is 2. The van der Waals surface area contributed by atoms with Gasteiger partial charge in [0.2, 0.25) is 11.8 Å². The van der Waals surface area contributed by atoms with Crippen molar-refractivity contribution in [1.29, 1.82) is 0 Å². The molecule has 0 spiro atoms. The Bertz CT molecular complexity index is 466. The van der Waals surface area contributed by atoms with Crippen LogP contribution in [0.5, 0.6) is 0 Å². The van der Waals surface area contributed by atoms with Gasteiger partial charge in [-0.25, -0.2) is 0 Å². The molecule has 3 rings (SSSR count). The second-order valence-electron chi connectivity index (χ2n) is 7.19. The zero-order valence-electron chi connectivity index (χ0n) is 15.1. The zero-order chi connectivity index (χ0) is 16.4. The van der Waals surface area contributed by atoms with E-state index in [4.69, 9.17) is 5.73 Å². The van der Waals surface area contributed by atoms with Crippen LogP contribution in [0.1, 0.15) is 39.0 Å². The third-order valence-corrected chi connectivity index (χ3v) is 5.83. The lowest BCUT2D eigenvalue weighted by molar-refractivity contribution is -0.136. The summed E-state index contributed by atoms with van der Waals surface area (Å²) in [5, 5.41) is 0. The van der Waals surface area contributed by atoms with Crippen LogP contribution < -0.4 is 5.73 Å². The Balaban J connectivity index is 0.00000156. The number of amides is 2. The molecule has 3 aliphatic rings. The molecule has 2 amide bonds. The Morgan fingerprint density at radius 2 is 1.84 bits per heavy atom. The van der Waals surface area contributed by atoms with Gasteiger partial charge in [-0.15, -0.1) is 24.8 Å². The summed E-state index contributed by atoms with van der Waals surface area (Å²) in [5.74, 6) is 0.133. The molecule has 0 radical (unpaired) electrons. The van der Waals surface area contributed by atoms with Crippen molar-refractivity contribution in [3.8, 4) is 0 Å². The lowest BCUT2D eigenvalue weighted by Crippen LogP contribution is -2.44. The average molecular weight is 395 g/mol. The monoisotopic (exact) mass is 394 g/mol. The van der Waals surface area contributed by atoms with Crippen molar-refractivity contribution in [3.05, 3.63) is 0 Å². The highest BCUT2D eigenvalue weighted by Crippen LogP contribution is 2.27. The third-order valence-electron chi connectivity index (χ3n) is 5.83. The summed E-state index contributed by atoms with van der Waals surface area (Å²) >= 11 is 0. The number of carbonyl (C=O) groups excluding carboxylic acids is 2. The van der Waals surface area contributed by atoms with E-state index < -0.39 is 0 Å². The molecule has 0 saturated carbocycles. The molecule has 0 bridgehead atoms. The Labute approximate surface area is 163 Å². The topological polar surface area (TPSA) is 69.9 Å². The fourth-order valence-electron chi connectivity index (χ4n) is 4.49. The number of likely N-dealkylation sites (tertiary alicyclic amines) is 3. The lowest BCUT2D eigenvalue weighted by Gasteiger charge is -2.29. The van der Waals surface area contributed by atoms with Gasteiger partial charge in [-0.05, 0) is 38.8 Å². The molecule has 2 N–H and O–H groups in total. The second-order valence-corrected chi connectivity index (χ2v) is 7.19. The summed E-state index contributed by atoms with van der Waals surface area (Å²) in [6.07, 6.45) is 4.80. The molecule has 0 aromatic rings. The first-order valence-electron chi connectivity index (χ1n) is 9.16. The number of hydrogen-bond donors (Lipinski definition) is 1. The van der Waals surface area contributed by atoms with Crippen molar-refractivity contribution >= 4 is 36.6 Å². The minimum atomic E-state index is -0.161. The third kappa shape index (κ3) is 4.79. The predicted octanol–water partition coefficient (Wildman–Crippen LogP) is 1.11. The summed E-state index contributed by atoms with van der Waals surface area (Å²) in [4.78, 5) is 31.4. The molecule has 0 aromatic heterocycles. The number of rotatable bonds is 5. The number of nitrogens with two attached hydrogens (primary N) is 1. The van der Waals surface area contributed by atoms with Crippen LogP contribution in [0.3, 0.4) is 0 Å². The van der Waals surface area contributed by atoms with Crippen LogP contribution in [0.15, 0.2) is 0 Å². The Morgan fingerprint density at radius 1 is 1.16 bits per heavy atom. The second kappa shape index (κ2) is 9.95. The number of nitrogens with zero attached hydrogens (tertiary/aromatic N) is 3. The van der Waals surface area contributed by atoms with Gasteiger partial charge in [-0.2, -0.15) is 0 Å². The Hall–Kier alpha value is -0.560. The molecule has 3 unspecified atom stereocenters. The van der Waals surface area contributed by atoms with E-state index in [1.54, 1.807) is 0 Å². The van der Waals surface area contributed by atoms with E-state index in [9.17, 15) is 9.59 Å². The van der Waals surface area contributed by atoms with Crippen LogP contribution in [-0.2, 0) is 9.59 Å². The molecule has 8 heteroatoms. The van der Waals surface area contributed by atoms with Crippen molar-refractivity contribution in [2.45, 2.75) is 51.1 Å². The predicted molar refractivity (Wildman–Crippen MR) is 103 cm³/mol. The highest BCUT2D eigenvalue weighted by molar-refractivity contribution is 5.89. The van der Waals surface area contributed by atoms with Gasteiger partial charge in [0.05, 0.1) is 5.92 Å². The number of hydrogen-bond acceptors (Lipinski definition) is 4. The van der Waals surface area contributed by atoms with Crippen molar-refractivity contribution in [2.24, 2.45) is 11.7 Å². The van der Waals surface area contributed by atoms with Crippen LogP contribution in [0.25, 0.3) is 0 Å². The molecule has 3 atom stereocenters. The fourth-order valence-corrected chi connectivity index (χ4v) is 4.49. The molecular weight excluding hydrogens is 363 g/mol. The molecule has 25 heavy (non-hydrogen) atoms. The molecule has 3 aliphatic heterocycles. The van der Waals surface area contributed by atoms with E-state index in [0.29, 0.717) is 25.6 Å². The molecule has 6 nitrogen and oxygen atoms in total. The minimum absolute atomic E-state index is 0. The van der Waals surface area contributed by atoms with Gasteiger partial charge >= 0.3 is 0 Å². The van der Waals surface area contributed by atoms with Gasteiger partial charge in [0.15, 0.2) is 0 Å². The minimum Gasteiger partial charge on any atom is -0.340 e. The van der Waals surface area contributed by atoms with E-state index >= 15 is 0 Å². The van der Waals surface area contributed by atoms with Crippen LogP contribution in [0, 0.1) is 5.92 Å². The molecular formula is C17H32Cl2N4O2. The van der Waals surface area contributed by atoms with Crippen molar-refractivity contribution in [1.82, 2.24) is 14.7 Å². The van der Waals surface area contributed by atoms with Crippen LogP contribution in [0.2, 0.25) is 0 Å². The lowest BCUT2D eigenvalue weighted by atomic mass is 10.1. The van der Waals surface area contributed by atoms with E-state index in [0.717, 1.165) is 45.4 Å². The summed E-state index contributed by atoms with van der Waals surface area (Å²) in [6, 6.07) is 0.651. The maximum atomic E-state index is 12.7. The summed E-state index contributed by atoms with van der Waals surface area (Å²) in [6.45, 7) is 7.08. The molecule has 0 aromatic carbocycles. The van der Waals surface area contributed by atoms with Crippen LogP contribution >= 0.6 is 24.8 Å². The molecule has 0 aliphatic carbocycles. The largest absolute Gasteiger partial charge is 0.340 e. The van der Waals surface area contributed by atoms with E-state index in [2.05, 4.69) is 11.8 Å². The van der Waals surface area contributed by atoms with E-state index in [1.165, 1.54) is 6.42 Å². The Kier molecular flexibility index (Phi) is 8.95. The summed E-state index contributed by atoms with van der Waals surface area (Å²) in [7, 11) is 0. The van der Waals surface area contributed by atoms with Gasteiger partial charge in [-0.3, -0.25) is 14.5 Å². The first-order chi connectivity index (χ1) is 11.1. The van der Waals surface area contributed by atoms with Crippen molar-refractivity contribution < 1.29 is 9.59 Å². The molecule has 146 valence electrons. The van der Waals surface area contributed by atoms with Crippen molar-refractivity contribution in [2.75, 3.05) is 39.3 Å². The maximum Gasteiger partial charge on any atom is 0.228 e. The van der Waals surface area contributed by atoms with Gasteiger partial charge in [0.25, 0.3) is 0 Å². The quantitative estimate of drug-likeness (QED) is 0.757. The zero-order valence-corrected chi connectivity index (χ0v) is 16.7. The summed E-state index contributed by atoms with van der Waals surface area (Å²) in [5.41, 5.74) is 5.78. The first-order valence-corrected chi connectivity index (χ1v) is 9.16. The summed E-state index contributed by atoms with van der Waals surface area (Å²) < 4.78 is 0. The standard InChI is InChI=1S/C17H30N4O2.2ClH/c1-2-19-7-3-6-15(19)12-20-11-13(9-16(20)22)17(23)21-8-4-5-14(21)10-18;;/h13-15H,2-12,18H2,1H3;2*1H. The number of carbonyl (C=O) groups is 2. The van der Waals surface area contributed by atoms with Crippen LogP contribution in [0.4, 0.5) is 0 Å².